The Hall–Kier alpha value is -2.98. The van der Waals surface area contributed by atoms with Crippen LogP contribution in [0.1, 0.15) is 19.3 Å². The van der Waals surface area contributed by atoms with Gasteiger partial charge in [0.2, 0.25) is 15.9 Å². The van der Waals surface area contributed by atoms with Gasteiger partial charge in [0.15, 0.2) is 11.5 Å². The van der Waals surface area contributed by atoms with E-state index in [9.17, 15) is 13.2 Å². The number of hydrogen-bond donors (Lipinski definition) is 1. The van der Waals surface area contributed by atoms with E-state index in [0.717, 1.165) is 24.9 Å². The smallest absolute Gasteiger partial charge is 0.246 e. The summed E-state index contributed by atoms with van der Waals surface area (Å²) >= 11 is 0. The first-order valence-electron chi connectivity index (χ1n) is 10.7. The molecule has 1 aliphatic rings. The van der Waals surface area contributed by atoms with E-state index >= 15 is 0 Å². The van der Waals surface area contributed by atoms with Gasteiger partial charge in [-0.2, -0.15) is 4.31 Å². The van der Waals surface area contributed by atoms with Gasteiger partial charge in [-0.05, 0) is 43.2 Å². The molecule has 0 saturated carbocycles. The van der Waals surface area contributed by atoms with E-state index in [0.29, 0.717) is 30.3 Å². The van der Waals surface area contributed by atoms with E-state index in [4.69, 9.17) is 14.2 Å². The van der Waals surface area contributed by atoms with Crippen molar-refractivity contribution in [1.82, 2.24) is 4.31 Å². The van der Waals surface area contributed by atoms with Gasteiger partial charge >= 0.3 is 0 Å². The second kappa shape index (κ2) is 10.8. The number of nitrogens with one attached hydrogen (secondary N) is 1. The molecular weight excluding hydrogens is 446 g/mol. The zero-order valence-corrected chi connectivity index (χ0v) is 20.3. The van der Waals surface area contributed by atoms with E-state index in [1.54, 1.807) is 50.4 Å². The Morgan fingerprint density at radius 2 is 1.58 bits per heavy atom. The van der Waals surface area contributed by atoms with Crippen molar-refractivity contribution in [3.8, 4) is 17.2 Å². The zero-order chi connectivity index (χ0) is 24.0. The van der Waals surface area contributed by atoms with Crippen molar-refractivity contribution in [2.45, 2.75) is 24.2 Å². The fourth-order valence-corrected chi connectivity index (χ4v) is 5.47. The molecule has 1 heterocycles. The van der Waals surface area contributed by atoms with Crippen LogP contribution in [0, 0.1) is 0 Å². The number of sulfonamides is 1. The summed E-state index contributed by atoms with van der Waals surface area (Å²) in [7, 11) is 2.60. The number of ether oxygens (including phenoxy) is 3. The third-order valence-electron chi connectivity index (χ3n) is 5.57. The fourth-order valence-electron chi connectivity index (χ4n) is 3.77. The molecule has 33 heavy (non-hydrogen) atoms. The number of hydrogen-bond acceptors (Lipinski definition) is 7. The molecule has 9 nitrogen and oxygen atoms in total. The van der Waals surface area contributed by atoms with E-state index in [1.165, 1.54) is 17.5 Å². The maximum Gasteiger partial charge on any atom is 0.246 e. The van der Waals surface area contributed by atoms with Gasteiger partial charge in [-0.3, -0.25) is 4.79 Å². The summed E-state index contributed by atoms with van der Waals surface area (Å²) in [5.41, 5.74) is 1.16. The van der Waals surface area contributed by atoms with E-state index in [-0.39, 0.29) is 23.1 Å². The monoisotopic (exact) mass is 477 g/mol. The molecule has 1 aliphatic heterocycles. The lowest BCUT2D eigenvalue weighted by atomic mass is 10.2. The van der Waals surface area contributed by atoms with Crippen LogP contribution in [0.5, 0.6) is 17.2 Å². The first-order valence-corrected chi connectivity index (χ1v) is 12.2. The number of carbonyl (C=O) groups is 1. The van der Waals surface area contributed by atoms with Gasteiger partial charge in [-0.15, -0.1) is 0 Å². The van der Waals surface area contributed by atoms with Crippen molar-refractivity contribution < 1.29 is 27.4 Å². The molecular formula is C23H31N3O6S. The van der Waals surface area contributed by atoms with Crippen molar-refractivity contribution in [2.75, 3.05) is 58.2 Å². The molecule has 3 rings (SSSR count). The molecule has 2 aromatic carbocycles. The van der Waals surface area contributed by atoms with Crippen LogP contribution in [0.25, 0.3) is 0 Å². The molecule has 180 valence electrons. The maximum atomic E-state index is 13.2. The second-order valence-corrected chi connectivity index (χ2v) is 9.68. The summed E-state index contributed by atoms with van der Waals surface area (Å²) in [6, 6.07) is 10.0. The van der Waals surface area contributed by atoms with Crippen LogP contribution in [0.2, 0.25) is 0 Å². The summed E-state index contributed by atoms with van der Waals surface area (Å²) in [6.07, 6.45) is 2.69. The standard InChI is InChI=1S/C23H31N3O6S/c1-25(18-9-11-19(30-2)21(15-18)32-4)16-23(27)24-17-8-10-20(31-3)22(14-17)33(28,29)26-12-6-5-7-13-26/h8-11,14-15H,5-7,12-13,16H2,1-4H3,(H,24,27). The van der Waals surface area contributed by atoms with E-state index in [2.05, 4.69) is 5.32 Å². The number of piperidine rings is 1. The third-order valence-corrected chi connectivity index (χ3v) is 7.49. The molecule has 0 aromatic heterocycles. The molecule has 0 radical (unpaired) electrons. The number of nitrogens with zero attached hydrogens (tertiary/aromatic N) is 2. The zero-order valence-electron chi connectivity index (χ0n) is 19.5. The molecule has 2 aromatic rings. The number of methoxy groups -OCH3 is 3. The fraction of sp³-hybridized carbons (Fsp3) is 0.435. The minimum Gasteiger partial charge on any atom is -0.495 e. The Bertz CT molecular complexity index is 1080. The van der Waals surface area contributed by atoms with Crippen LogP contribution in [-0.4, -0.2) is 66.6 Å². The minimum atomic E-state index is -3.72. The minimum absolute atomic E-state index is 0.0513. The van der Waals surface area contributed by atoms with Crippen molar-refractivity contribution in [1.29, 1.82) is 0 Å². The van der Waals surface area contributed by atoms with Gasteiger partial charge in [0.25, 0.3) is 0 Å². The van der Waals surface area contributed by atoms with Gasteiger partial charge in [-0.25, -0.2) is 8.42 Å². The topological polar surface area (TPSA) is 97.4 Å². The van der Waals surface area contributed by atoms with Gasteiger partial charge in [-0.1, -0.05) is 6.42 Å². The van der Waals surface area contributed by atoms with Gasteiger partial charge < -0.3 is 24.4 Å². The normalized spacial score (nSPS) is 14.4. The van der Waals surface area contributed by atoms with Crippen molar-refractivity contribution >= 4 is 27.3 Å². The van der Waals surface area contributed by atoms with Crippen LogP contribution < -0.4 is 24.4 Å². The Labute approximate surface area is 195 Å². The molecule has 0 aliphatic carbocycles. The lowest BCUT2D eigenvalue weighted by molar-refractivity contribution is -0.114. The summed E-state index contributed by atoms with van der Waals surface area (Å²) in [5.74, 6) is 1.12. The highest BCUT2D eigenvalue weighted by molar-refractivity contribution is 7.89. The Kier molecular flexibility index (Phi) is 8.04. The quantitative estimate of drug-likeness (QED) is 0.593. The summed E-state index contributed by atoms with van der Waals surface area (Å²) < 4.78 is 43.7. The van der Waals surface area contributed by atoms with E-state index in [1.807, 2.05) is 6.07 Å². The van der Waals surface area contributed by atoms with Crippen molar-refractivity contribution in [3.63, 3.8) is 0 Å². The molecule has 0 atom stereocenters. The number of benzene rings is 2. The molecule has 10 heteroatoms. The van der Waals surface area contributed by atoms with Crippen LogP contribution in [0.4, 0.5) is 11.4 Å². The number of carbonyl (C=O) groups excluding carboxylic acids is 1. The Balaban J connectivity index is 1.75. The third kappa shape index (κ3) is 5.69. The van der Waals surface area contributed by atoms with Gasteiger partial charge in [0.1, 0.15) is 10.6 Å². The highest BCUT2D eigenvalue weighted by Crippen LogP contribution is 2.32. The first-order chi connectivity index (χ1) is 15.8. The summed E-state index contributed by atoms with van der Waals surface area (Å²) in [5, 5.41) is 2.79. The number of amides is 1. The first kappa shape index (κ1) is 24.7. The predicted molar refractivity (Wildman–Crippen MR) is 127 cm³/mol. The number of likely N-dealkylation sites (N-methyl/N-ethyl adjacent to an activating group) is 1. The molecule has 1 amide bonds. The predicted octanol–water partition coefficient (Wildman–Crippen LogP) is 2.96. The van der Waals surface area contributed by atoms with E-state index < -0.39 is 10.0 Å². The van der Waals surface area contributed by atoms with Crippen LogP contribution in [0.3, 0.4) is 0 Å². The number of rotatable bonds is 9. The molecule has 0 unspecified atom stereocenters. The summed E-state index contributed by atoms with van der Waals surface area (Å²) in [4.78, 5) is 14.5. The van der Waals surface area contributed by atoms with Crippen molar-refractivity contribution in [2.24, 2.45) is 0 Å². The Morgan fingerprint density at radius 1 is 0.939 bits per heavy atom. The lowest BCUT2D eigenvalue weighted by Crippen LogP contribution is -2.36. The Morgan fingerprint density at radius 3 is 2.21 bits per heavy atom. The molecule has 1 N–H and O–H groups in total. The molecule has 0 spiro atoms. The van der Waals surface area contributed by atoms with Gasteiger partial charge in [0, 0.05) is 37.6 Å². The highest BCUT2D eigenvalue weighted by Gasteiger charge is 2.29. The highest BCUT2D eigenvalue weighted by atomic mass is 32.2. The molecule has 1 fully saturated rings. The maximum absolute atomic E-state index is 13.2. The van der Waals surface area contributed by atoms with Crippen molar-refractivity contribution in [3.05, 3.63) is 36.4 Å². The largest absolute Gasteiger partial charge is 0.495 e. The van der Waals surface area contributed by atoms with Crippen LogP contribution >= 0.6 is 0 Å². The summed E-state index contributed by atoms with van der Waals surface area (Å²) in [6.45, 7) is 1.02. The molecule has 0 bridgehead atoms. The van der Waals surface area contributed by atoms with Gasteiger partial charge in [0.05, 0.1) is 27.9 Å². The lowest BCUT2D eigenvalue weighted by Gasteiger charge is -2.26. The average Bonchev–Trinajstić information content (AvgIpc) is 2.83. The second-order valence-electron chi connectivity index (χ2n) is 7.77. The van der Waals surface area contributed by atoms with Crippen LogP contribution in [-0.2, 0) is 14.8 Å². The average molecular weight is 478 g/mol. The molecule has 1 saturated heterocycles. The van der Waals surface area contributed by atoms with Crippen LogP contribution in [0.15, 0.2) is 41.3 Å². The number of anilines is 2. The SMILES string of the molecule is COc1ccc(N(C)CC(=O)Nc2ccc(OC)c(S(=O)(=O)N3CCCCC3)c2)cc1OC.